The number of hydrogen-bond donors (Lipinski definition) is 2. The number of carbonyl (C=O) groups is 1. The predicted octanol–water partition coefficient (Wildman–Crippen LogP) is 3.43. The Labute approximate surface area is 195 Å². The standard InChI is InChI=1S/C18H24N2O2.C6H4BrNO2/c1-19-10-13-7-16-18(22-3,8-12(11-21)9-20(16)2)14-5-4-6-15(19)17(13)14;7-5-1-4(6(9)10)2-8-3-5/h4-6,10,12,16,21H,7-9,11H2,1-3H3;1-3H,(H,9,10)/t12-,16-,18?;/m1./s1. The van der Waals surface area contributed by atoms with E-state index in [2.05, 4.69) is 68.9 Å². The van der Waals surface area contributed by atoms with Crippen LogP contribution in [0.1, 0.15) is 27.9 Å². The van der Waals surface area contributed by atoms with Crippen LogP contribution in [0.4, 0.5) is 0 Å². The Hall–Kier alpha value is -2.26. The fraction of sp³-hybridized carbons (Fsp3) is 0.417. The molecule has 1 aliphatic heterocycles. The lowest BCUT2D eigenvalue weighted by Crippen LogP contribution is -2.59. The van der Waals surface area contributed by atoms with E-state index in [9.17, 15) is 9.90 Å². The van der Waals surface area contributed by atoms with E-state index < -0.39 is 5.97 Å². The molecule has 0 bridgehead atoms. The SMILES string of the molecule is COC12C[C@@H](CO)CN(C)[C@@H]1Cc1cn(C)c3cccc2c13.O=C(O)c1cncc(Br)c1. The van der Waals surface area contributed by atoms with Gasteiger partial charge < -0.3 is 19.5 Å². The summed E-state index contributed by atoms with van der Waals surface area (Å²) < 4.78 is 9.07. The number of likely N-dealkylation sites (N-methyl/N-ethyl adjacent to an activating group) is 1. The highest BCUT2D eigenvalue weighted by molar-refractivity contribution is 9.10. The Balaban J connectivity index is 0.000000207. The van der Waals surface area contributed by atoms with Crippen molar-refractivity contribution in [2.75, 3.05) is 27.3 Å². The minimum absolute atomic E-state index is 0.189. The number of aliphatic hydroxyl groups is 1. The van der Waals surface area contributed by atoms with E-state index in [0.717, 1.165) is 19.4 Å². The van der Waals surface area contributed by atoms with Gasteiger partial charge in [-0.3, -0.25) is 9.88 Å². The van der Waals surface area contributed by atoms with Crippen molar-refractivity contribution < 1.29 is 19.7 Å². The molecule has 7 nitrogen and oxygen atoms in total. The molecular weight excluding hydrogens is 474 g/mol. The number of fused-ring (bicyclic) bond motifs is 2. The van der Waals surface area contributed by atoms with Crippen molar-refractivity contribution in [1.29, 1.82) is 0 Å². The van der Waals surface area contributed by atoms with Crippen LogP contribution in [0.25, 0.3) is 10.9 Å². The van der Waals surface area contributed by atoms with Crippen LogP contribution in [0, 0.1) is 5.92 Å². The van der Waals surface area contributed by atoms with Crippen molar-refractivity contribution in [3.8, 4) is 0 Å². The second-order valence-corrected chi connectivity index (χ2v) is 9.58. The maximum Gasteiger partial charge on any atom is 0.337 e. The van der Waals surface area contributed by atoms with Gasteiger partial charge in [0, 0.05) is 67.3 Å². The smallest absolute Gasteiger partial charge is 0.337 e. The van der Waals surface area contributed by atoms with Crippen LogP contribution in [0.3, 0.4) is 0 Å². The zero-order valence-electron chi connectivity index (χ0n) is 18.5. The highest BCUT2D eigenvalue weighted by Crippen LogP contribution is 2.49. The lowest BCUT2D eigenvalue weighted by Gasteiger charge is -2.52. The predicted molar refractivity (Wildman–Crippen MR) is 126 cm³/mol. The number of likely N-dealkylation sites (tertiary alicyclic amines) is 1. The van der Waals surface area contributed by atoms with Gasteiger partial charge in [-0.1, -0.05) is 12.1 Å². The number of aliphatic hydroxyl groups excluding tert-OH is 1. The van der Waals surface area contributed by atoms with Gasteiger partial charge in [-0.05, 0) is 65.0 Å². The fourth-order valence-corrected chi connectivity index (χ4v) is 5.73. The van der Waals surface area contributed by atoms with Crippen molar-refractivity contribution in [3.63, 3.8) is 0 Å². The Morgan fingerprint density at radius 3 is 2.75 bits per heavy atom. The highest BCUT2D eigenvalue weighted by Gasteiger charge is 2.51. The van der Waals surface area contributed by atoms with Crippen molar-refractivity contribution in [1.82, 2.24) is 14.5 Å². The number of pyridine rings is 1. The van der Waals surface area contributed by atoms with Gasteiger partial charge in [0.05, 0.1) is 5.56 Å². The Bertz CT molecular complexity index is 1150. The van der Waals surface area contributed by atoms with Crippen LogP contribution in [-0.2, 0) is 23.8 Å². The summed E-state index contributed by atoms with van der Waals surface area (Å²) in [6.45, 7) is 1.16. The zero-order chi connectivity index (χ0) is 23.0. The van der Waals surface area contributed by atoms with E-state index in [1.54, 1.807) is 0 Å². The van der Waals surface area contributed by atoms with Crippen LogP contribution >= 0.6 is 15.9 Å². The molecule has 1 unspecified atom stereocenters. The van der Waals surface area contributed by atoms with Crippen molar-refractivity contribution >= 4 is 32.8 Å². The molecule has 1 fully saturated rings. The van der Waals surface area contributed by atoms with Crippen LogP contribution in [0.5, 0.6) is 0 Å². The minimum Gasteiger partial charge on any atom is -0.478 e. The first-order valence-electron chi connectivity index (χ1n) is 10.6. The number of aryl methyl sites for hydroxylation is 1. The van der Waals surface area contributed by atoms with Crippen LogP contribution in [0.2, 0.25) is 0 Å². The number of aromatic carboxylic acids is 1. The summed E-state index contributed by atoms with van der Waals surface area (Å²) in [6.07, 6.45) is 7.00. The first-order chi connectivity index (χ1) is 15.3. The van der Waals surface area contributed by atoms with Crippen LogP contribution < -0.4 is 0 Å². The van der Waals surface area contributed by atoms with Gasteiger partial charge >= 0.3 is 5.97 Å². The molecule has 2 N–H and O–H groups in total. The summed E-state index contributed by atoms with van der Waals surface area (Å²) in [5.74, 6) is -0.699. The number of carboxylic acid groups (broad SMARTS) is 1. The molecule has 8 heteroatoms. The first kappa shape index (κ1) is 22.9. The molecule has 2 aliphatic rings. The van der Waals surface area contributed by atoms with Gasteiger partial charge in [-0.2, -0.15) is 0 Å². The molecular formula is C24H28BrN3O4. The Morgan fingerprint density at radius 1 is 1.34 bits per heavy atom. The normalized spacial score (nSPS) is 24.5. The summed E-state index contributed by atoms with van der Waals surface area (Å²) in [5, 5.41) is 19.5. The van der Waals surface area contributed by atoms with Gasteiger partial charge in [-0.15, -0.1) is 0 Å². The number of nitrogens with zero attached hydrogens (tertiary/aromatic N) is 3. The maximum absolute atomic E-state index is 10.3. The lowest BCUT2D eigenvalue weighted by atomic mass is 9.69. The third kappa shape index (κ3) is 3.85. The van der Waals surface area contributed by atoms with Crippen molar-refractivity contribution in [2.24, 2.45) is 13.0 Å². The van der Waals surface area contributed by atoms with Crippen LogP contribution in [-0.4, -0.2) is 64.0 Å². The second kappa shape index (κ2) is 8.94. The van der Waals surface area contributed by atoms with Crippen LogP contribution in [0.15, 0.2) is 47.3 Å². The van der Waals surface area contributed by atoms with E-state index in [4.69, 9.17) is 9.84 Å². The molecule has 0 saturated carbocycles. The van der Waals surface area contributed by atoms with E-state index in [-0.39, 0.29) is 23.7 Å². The summed E-state index contributed by atoms with van der Waals surface area (Å²) in [7, 11) is 6.10. The molecule has 0 radical (unpaired) electrons. The van der Waals surface area contributed by atoms with Gasteiger partial charge in [0.1, 0.15) is 5.60 Å². The first-order valence-corrected chi connectivity index (χ1v) is 11.4. The Kier molecular flexibility index (Phi) is 6.40. The third-order valence-corrected chi connectivity index (χ3v) is 7.18. The number of carboxylic acids is 1. The molecule has 1 aromatic carbocycles. The van der Waals surface area contributed by atoms with E-state index in [1.807, 2.05) is 7.11 Å². The summed E-state index contributed by atoms with van der Waals surface area (Å²) in [4.78, 5) is 16.3. The maximum atomic E-state index is 10.3. The average molecular weight is 502 g/mol. The number of benzene rings is 1. The second-order valence-electron chi connectivity index (χ2n) is 8.67. The average Bonchev–Trinajstić information content (AvgIpc) is 3.11. The summed E-state index contributed by atoms with van der Waals surface area (Å²) >= 11 is 3.10. The molecule has 1 aliphatic carbocycles. The van der Waals surface area contributed by atoms with E-state index in [1.165, 1.54) is 40.5 Å². The summed E-state index contributed by atoms with van der Waals surface area (Å²) in [6, 6.07) is 8.36. The van der Waals surface area contributed by atoms with Gasteiger partial charge in [0.2, 0.25) is 0 Å². The monoisotopic (exact) mass is 501 g/mol. The molecule has 32 heavy (non-hydrogen) atoms. The molecule has 0 amide bonds. The molecule has 2 aromatic heterocycles. The molecule has 170 valence electrons. The topological polar surface area (TPSA) is 87.8 Å². The van der Waals surface area contributed by atoms with E-state index >= 15 is 0 Å². The summed E-state index contributed by atoms with van der Waals surface area (Å²) in [5.41, 5.74) is 3.86. The third-order valence-electron chi connectivity index (χ3n) is 6.74. The molecule has 3 heterocycles. The van der Waals surface area contributed by atoms with Gasteiger partial charge in [0.15, 0.2) is 0 Å². The van der Waals surface area contributed by atoms with Crippen molar-refractivity contribution in [2.45, 2.75) is 24.5 Å². The van der Waals surface area contributed by atoms with Gasteiger partial charge in [-0.25, -0.2) is 4.79 Å². The highest BCUT2D eigenvalue weighted by atomic mass is 79.9. The van der Waals surface area contributed by atoms with E-state index in [0.29, 0.717) is 10.5 Å². The largest absolute Gasteiger partial charge is 0.478 e. The zero-order valence-corrected chi connectivity index (χ0v) is 20.0. The number of halogens is 1. The number of piperidine rings is 1. The van der Waals surface area contributed by atoms with Crippen molar-refractivity contribution in [3.05, 3.63) is 64.0 Å². The molecule has 3 aromatic rings. The number of aromatic nitrogens is 2. The lowest BCUT2D eigenvalue weighted by molar-refractivity contribution is -0.130. The number of rotatable bonds is 3. The molecule has 1 saturated heterocycles. The number of ether oxygens (including phenoxy) is 1. The molecule has 3 atom stereocenters. The molecule has 0 spiro atoms. The minimum atomic E-state index is -0.964. The number of hydrogen-bond acceptors (Lipinski definition) is 5. The Morgan fingerprint density at radius 2 is 2.12 bits per heavy atom. The van der Waals surface area contributed by atoms with Gasteiger partial charge in [0.25, 0.3) is 0 Å². The quantitative estimate of drug-likeness (QED) is 0.571. The number of methoxy groups -OCH3 is 1. The molecule has 5 rings (SSSR count). The fourth-order valence-electron chi connectivity index (χ4n) is 5.37.